The number of nitrogens with zero attached hydrogens (tertiary/aromatic N) is 1. The number of ether oxygens (including phenoxy) is 1. The van der Waals surface area contributed by atoms with Crippen LogP contribution in [0.3, 0.4) is 0 Å². The molecule has 1 aliphatic heterocycles. The Balaban J connectivity index is 1.47. The lowest BCUT2D eigenvalue weighted by Crippen LogP contribution is -2.15. The number of fused-ring (bicyclic) bond motifs is 2. The summed E-state index contributed by atoms with van der Waals surface area (Å²) in [5.41, 5.74) is 3.89. The van der Waals surface area contributed by atoms with E-state index in [2.05, 4.69) is 21.6 Å². The second kappa shape index (κ2) is 5.76. The monoisotopic (exact) mass is 307 g/mol. The SMILES string of the molecule is O=C(Cc1ccc2c(c1)CCCO2)Nc1ccc2cn[nH]c2c1. The Hall–Kier alpha value is -2.82. The summed E-state index contributed by atoms with van der Waals surface area (Å²) in [5.74, 6) is 0.922. The molecule has 5 nitrogen and oxygen atoms in total. The van der Waals surface area contributed by atoms with E-state index in [1.165, 1.54) is 5.56 Å². The molecule has 0 radical (unpaired) electrons. The maximum absolute atomic E-state index is 12.3. The van der Waals surface area contributed by atoms with Gasteiger partial charge in [0.1, 0.15) is 5.75 Å². The molecule has 4 rings (SSSR count). The van der Waals surface area contributed by atoms with Gasteiger partial charge in [-0.15, -0.1) is 0 Å². The number of anilines is 1. The smallest absolute Gasteiger partial charge is 0.228 e. The second-order valence-electron chi connectivity index (χ2n) is 5.79. The van der Waals surface area contributed by atoms with Crippen LogP contribution in [0.25, 0.3) is 10.9 Å². The van der Waals surface area contributed by atoms with Crippen LogP contribution in [-0.4, -0.2) is 22.7 Å². The summed E-state index contributed by atoms with van der Waals surface area (Å²) in [6, 6.07) is 11.7. The molecular weight excluding hydrogens is 290 g/mol. The molecule has 2 aromatic carbocycles. The van der Waals surface area contributed by atoms with Gasteiger partial charge < -0.3 is 10.1 Å². The van der Waals surface area contributed by atoms with Gasteiger partial charge in [-0.05, 0) is 48.2 Å². The fourth-order valence-corrected chi connectivity index (χ4v) is 2.93. The van der Waals surface area contributed by atoms with Crippen molar-refractivity contribution < 1.29 is 9.53 Å². The lowest BCUT2D eigenvalue weighted by molar-refractivity contribution is -0.115. The number of nitrogens with one attached hydrogen (secondary N) is 2. The Morgan fingerprint density at radius 3 is 3.17 bits per heavy atom. The summed E-state index contributed by atoms with van der Waals surface area (Å²) < 4.78 is 5.60. The van der Waals surface area contributed by atoms with Crippen molar-refractivity contribution in [2.45, 2.75) is 19.3 Å². The van der Waals surface area contributed by atoms with E-state index < -0.39 is 0 Å². The van der Waals surface area contributed by atoms with E-state index in [0.717, 1.165) is 47.4 Å². The highest BCUT2D eigenvalue weighted by Crippen LogP contribution is 2.26. The molecule has 23 heavy (non-hydrogen) atoms. The van der Waals surface area contributed by atoms with Crippen molar-refractivity contribution in [1.29, 1.82) is 0 Å². The molecule has 3 aromatic rings. The number of carbonyl (C=O) groups excluding carboxylic acids is 1. The summed E-state index contributed by atoms with van der Waals surface area (Å²) >= 11 is 0. The van der Waals surface area contributed by atoms with Gasteiger partial charge >= 0.3 is 0 Å². The summed E-state index contributed by atoms with van der Waals surface area (Å²) in [6.45, 7) is 0.781. The molecule has 2 heterocycles. The summed E-state index contributed by atoms with van der Waals surface area (Å²) in [6.07, 6.45) is 4.17. The number of aromatic amines is 1. The fraction of sp³-hybridized carbons (Fsp3) is 0.222. The highest BCUT2D eigenvalue weighted by molar-refractivity contribution is 5.94. The molecule has 2 N–H and O–H groups in total. The van der Waals surface area contributed by atoms with E-state index in [1.807, 2.05) is 30.3 Å². The van der Waals surface area contributed by atoms with Crippen molar-refractivity contribution in [3.63, 3.8) is 0 Å². The molecule has 5 heteroatoms. The van der Waals surface area contributed by atoms with Crippen molar-refractivity contribution >= 4 is 22.5 Å². The first-order chi connectivity index (χ1) is 11.3. The number of hydrogen-bond acceptors (Lipinski definition) is 3. The van der Waals surface area contributed by atoms with E-state index in [4.69, 9.17) is 4.74 Å². The number of H-pyrrole nitrogens is 1. The minimum Gasteiger partial charge on any atom is -0.493 e. The van der Waals surface area contributed by atoms with Crippen LogP contribution >= 0.6 is 0 Å². The van der Waals surface area contributed by atoms with Gasteiger partial charge in [0.05, 0.1) is 24.7 Å². The zero-order valence-corrected chi connectivity index (χ0v) is 12.6. The average Bonchev–Trinajstić information content (AvgIpc) is 3.02. The van der Waals surface area contributed by atoms with Crippen molar-refractivity contribution in [2.24, 2.45) is 0 Å². The topological polar surface area (TPSA) is 67.0 Å². The zero-order valence-electron chi connectivity index (χ0n) is 12.6. The highest BCUT2D eigenvalue weighted by atomic mass is 16.5. The maximum atomic E-state index is 12.3. The van der Waals surface area contributed by atoms with Crippen LogP contribution < -0.4 is 10.1 Å². The molecule has 0 unspecified atom stereocenters. The standard InChI is InChI=1S/C18H17N3O2/c22-18(20-15-5-4-14-11-19-21-16(14)10-15)9-12-3-6-17-13(8-12)2-1-7-23-17/h3-6,8,10-11H,1-2,7,9H2,(H,19,21)(H,20,22). The Labute approximate surface area is 133 Å². The first kappa shape index (κ1) is 13.8. The second-order valence-corrected chi connectivity index (χ2v) is 5.79. The van der Waals surface area contributed by atoms with Gasteiger partial charge in [0.2, 0.25) is 5.91 Å². The predicted octanol–water partition coefficient (Wildman–Crippen LogP) is 3.07. The predicted molar refractivity (Wildman–Crippen MR) is 88.7 cm³/mol. The minimum absolute atomic E-state index is 0.0273. The van der Waals surface area contributed by atoms with Crippen molar-refractivity contribution in [3.05, 3.63) is 53.7 Å². The van der Waals surface area contributed by atoms with E-state index >= 15 is 0 Å². The van der Waals surface area contributed by atoms with Crippen LogP contribution in [0.5, 0.6) is 5.75 Å². The van der Waals surface area contributed by atoms with E-state index in [0.29, 0.717) is 6.42 Å². The van der Waals surface area contributed by atoms with Gasteiger partial charge in [-0.2, -0.15) is 5.10 Å². The van der Waals surface area contributed by atoms with Crippen LogP contribution in [0.2, 0.25) is 0 Å². The molecule has 1 aliphatic rings. The van der Waals surface area contributed by atoms with Crippen LogP contribution in [-0.2, 0) is 17.6 Å². The largest absolute Gasteiger partial charge is 0.493 e. The van der Waals surface area contributed by atoms with Crippen LogP contribution in [0.15, 0.2) is 42.6 Å². The Bertz CT molecular complexity index is 870. The first-order valence-corrected chi connectivity index (χ1v) is 7.75. The molecule has 0 fully saturated rings. The summed E-state index contributed by atoms with van der Waals surface area (Å²) in [7, 11) is 0. The fourth-order valence-electron chi connectivity index (χ4n) is 2.93. The Morgan fingerprint density at radius 1 is 1.26 bits per heavy atom. The summed E-state index contributed by atoms with van der Waals surface area (Å²) in [4.78, 5) is 12.3. The molecular formula is C18H17N3O2. The zero-order chi connectivity index (χ0) is 15.6. The Morgan fingerprint density at radius 2 is 2.22 bits per heavy atom. The normalized spacial score (nSPS) is 13.4. The first-order valence-electron chi connectivity index (χ1n) is 7.75. The van der Waals surface area contributed by atoms with Crippen molar-refractivity contribution in [1.82, 2.24) is 10.2 Å². The third-order valence-corrected chi connectivity index (χ3v) is 4.06. The molecule has 0 spiro atoms. The lowest BCUT2D eigenvalue weighted by Gasteiger charge is -2.17. The van der Waals surface area contributed by atoms with Gasteiger partial charge in [-0.1, -0.05) is 12.1 Å². The molecule has 116 valence electrons. The van der Waals surface area contributed by atoms with Gasteiger partial charge in [0, 0.05) is 11.1 Å². The molecule has 0 saturated heterocycles. The number of rotatable bonds is 3. The molecule has 0 atom stereocenters. The van der Waals surface area contributed by atoms with Crippen LogP contribution in [0.1, 0.15) is 17.5 Å². The molecule has 0 bridgehead atoms. The molecule has 0 saturated carbocycles. The van der Waals surface area contributed by atoms with Gasteiger partial charge in [-0.3, -0.25) is 9.89 Å². The molecule has 0 aliphatic carbocycles. The minimum atomic E-state index is -0.0273. The third kappa shape index (κ3) is 2.90. The van der Waals surface area contributed by atoms with Gasteiger partial charge in [-0.25, -0.2) is 0 Å². The Kier molecular flexibility index (Phi) is 3.46. The van der Waals surface area contributed by atoms with Gasteiger partial charge in [0.15, 0.2) is 0 Å². The third-order valence-electron chi connectivity index (χ3n) is 4.06. The maximum Gasteiger partial charge on any atom is 0.228 e. The number of aromatic nitrogens is 2. The number of benzene rings is 2. The number of amides is 1. The van der Waals surface area contributed by atoms with Gasteiger partial charge in [0.25, 0.3) is 0 Å². The average molecular weight is 307 g/mol. The van der Waals surface area contributed by atoms with E-state index in [1.54, 1.807) is 6.20 Å². The highest BCUT2D eigenvalue weighted by Gasteiger charge is 2.12. The molecule has 1 aromatic heterocycles. The van der Waals surface area contributed by atoms with Crippen LogP contribution in [0, 0.1) is 0 Å². The number of aryl methyl sites for hydroxylation is 1. The number of carbonyl (C=O) groups is 1. The van der Waals surface area contributed by atoms with Crippen LogP contribution in [0.4, 0.5) is 5.69 Å². The van der Waals surface area contributed by atoms with Crippen molar-refractivity contribution in [3.8, 4) is 5.75 Å². The lowest BCUT2D eigenvalue weighted by atomic mass is 10.0. The van der Waals surface area contributed by atoms with E-state index in [-0.39, 0.29) is 5.91 Å². The van der Waals surface area contributed by atoms with Crippen molar-refractivity contribution in [2.75, 3.05) is 11.9 Å². The number of hydrogen-bond donors (Lipinski definition) is 2. The molecule has 1 amide bonds. The van der Waals surface area contributed by atoms with E-state index in [9.17, 15) is 4.79 Å². The quantitative estimate of drug-likeness (QED) is 0.781. The summed E-state index contributed by atoms with van der Waals surface area (Å²) in [5, 5.41) is 10.8.